The fourth-order valence-corrected chi connectivity index (χ4v) is 5.19. The molecule has 28 heavy (non-hydrogen) atoms. The van der Waals surface area contributed by atoms with Crippen LogP contribution in [0, 0.1) is 0 Å². The summed E-state index contributed by atoms with van der Waals surface area (Å²) in [6, 6.07) is 7.27. The van der Waals surface area contributed by atoms with Crippen LogP contribution < -0.4 is 4.72 Å². The van der Waals surface area contributed by atoms with E-state index >= 15 is 0 Å². The molecular formula is C20H27NO6S. The number of carbonyl (C=O) groups excluding carboxylic acids is 1. The molecule has 1 spiro atoms. The molecule has 1 N–H and O–H groups in total. The van der Waals surface area contributed by atoms with Gasteiger partial charge in [0.2, 0.25) is 10.0 Å². The Labute approximate surface area is 166 Å². The number of carbonyl (C=O) groups is 1. The molecule has 1 aliphatic heterocycles. The van der Waals surface area contributed by atoms with Crippen molar-refractivity contribution in [2.24, 2.45) is 0 Å². The summed E-state index contributed by atoms with van der Waals surface area (Å²) in [6.07, 6.45) is 2.04. The average Bonchev–Trinajstić information content (AvgIpc) is 3.09. The van der Waals surface area contributed by atoms with Crippen molar-refractivity contribution in [3.63, 3.8) is 0 Å². The fraction of sp³-hybridized carbons (Fsp3) is 0.550. The molecule has 8 heteroatoms. The third-order valence-corrected chi connectivity index (χ3v) is 6.72. The summed E-state index contributed by atoms with van der Waals surface area (Å²) >= 11 is 0. The second-order valence-corrected chi connectivity index (χ2v) is 9.11. The van der Waals surface area contributed by atoms with E-state index in [1.807, 2.05) is 26.0 Å². The highest BCUT2D eigenvalue weighted by molar-refractivity contribution is 7.93. The Morgan fingerprint density at radius 1 is 1.29 bits per heavy atom. The molecule has 0 aromatic heterocycles. The molecule has 0 saturated carbocycles. The quantitative estimate of drug-likeness (QED) is 0.727. The van der Waals surface area contributed by atoms with Crippen LogP contribution in [-0.2, 0) is 29.0 Å². The zero-order chi connectivity index (χ0) is 20.4. The van der Waals surface area contributed by atoms with E-state index in [-0.39, 0.29) is 24.5 Å². The van der Waals surface area contributed by atoms with Crippen molar-refractivity contribution in [1.29, 1.82) is 0 Å². The van der Waals surface area contributed by atoms with Crippen molar-refractivity contribution >= 4 is 21.7 Å². The Morgan fingerprint density at radius 3 is 2.61 bits per heavy atom. The maximum atomic E-state index is 13.2. The zero-order valence-electron chi connectivity index (χ0n) is 16.4. The number of rotatable bonds is 6. The lowest BCUT2D eigenvalue weighted by Crippen LogP contribution is -2.42. The predicted molar refractivity (Wildman–Crippen MR) is 105 cm³/mol. The molecule has 1 aliphatic carbocycles. The Hall–Kier alpha value is -1.90. The van der Waals surface area contributed by atoms with Gasteiger partial charge in [-0.05, 0) is 37.0 Å². The lowest BCUT2D eigenvalue weighted by atomic mass is 9.94. The molecule has 1 fully saturated rings. The van der Waals surface area contributed by atoms with Gasteiger partial charge in [-0.25, -0.2) is 13.2 Å². The minimum Gasteiger partial charge on any atom is -0.463 e. The lowest BCUT2D eigenvalue weighted by Gasteiger charge is -2.33. The highest BCUT2D eigenvalue weighted by Gasteiger charge is 2.46. The number of ether oxygens (including phenoxy) is 3. The molecule has 3 rings (SSSR count). The molecule has 1 atom stereocenters. The third-order valence-electron chi connectivity index (χ3n) is 4.97. The van der Waals surface area contributed by atoms with Gasteiger partial charge < -0.3 is 14.2 Å². The fourth-order valence-electron chi connectivity index (χ4n) is 3.63. The summed E-state index contributed by atoms with van der Waals surface area (Å²) in [7, 11) is -3.88. The monoisotopic (exact) mass is 409 g/mol. The number of para-hydroxylation sites is 1. The average molecular weight is 410 g/mol. The summed E-state index contributed by atoms with van der Waals surface area (Å²) in [6.45, 7) is 6.64. The van der Waals surface area contributed by atoms with Crippen molar-refractivity contribution in [2.45, 2.75) is 50.6 Å². The van der Waals surface area contributed by atoms with E-state index in [1.54, 1.807) is 19.1 Å². The van der Waals surface area contributed by atoms with E-state index in [0.717, 1.165) is 5.56 Å². The van der Waals surface area contributed by atoms with Crippen molar-refractivity contribution < 1.29 is 27.4 Å². The van der Waals surface area contributed by atoms with Crippen LogP contribution in [0.25, 0.3) is 0 Å². The smallest absolute Gasteiger partial charge is 0.335 e. The number of anilines is 1. The number of benzene rings is 1. The first-order chi connectivity index (χ1) is 13.3. The van der Waals surface area contributed by atoms with Gasteiger partial charge in [0, 0.05) is 6.42 Å². The Morgan fingerprint density at radius 2 is 1.96 bits per heavy atom. The van der Waals surface area contributed by atoms with E-state index in [1.165, 1.54) is 6.08 Å². The van der Waals surface area contributed by atoms with Crippen molar-refractivity contribution in [2.75, 3.05) is 24.5 Å². The molecule has 0 bridgehead atoms. The summed E-state index contributed by atoms with van der Waals surface area (Å²) in [5, 5.41) is -1.04. The molecule has 1 saturated heterocycles. The van der Waals surface area contributed by atoms with Gasteiger partial charge in [0.1, 0.15) is 5.25 Å². The number of hydrogen-bond donors (Lipinski definition) is 1. The van der Waals surface area contributed by atoms with Gasteiger partial charge in [-0.3, -0.25) is 4.72 Å². The second-order valence-electron chi connectivity index (χ2n) is 7.25. The van der Waals surface area contributed by atoms with Gasteiger partial charge in [-0.1, -0.05) is 32.0 Å². The van der Waals surface area contributed by atoms with Crippen molar-refractivity contribution in [1.82, 2.24) is 0 Å². The zero-order valence-corrected chi connectivity index (χ0v) is 17.3. The van der Waals surface area contributed by atoms with E-state index in [9.17, 15) is 13.2 Å². The molecule has 154 valence electrons. The molecular weight excluding hydrogens is 382 g/mol. The molecule has 2 aliphatic rings. The summed E-state index contributed by atoms with van der Waals surface area (Å²) in [5.41, 5.74) is 1.47. The van der Waals surface area contributed by atoms with Crippen LogP contribution >= 0.6 is 0 Å². The highest BCUT2D eigenvalue weighted by Crippen LogP contribution is 2.38. The summed E-state index contributed by atoms with van der Waals surface area (Å²) in [5.74, 6) is -1.55. The largest absolute Gasteiger partial charge is 0.463 e. The highest BCUT2D eigenvalue weighted by atomic mass is 32.2. The van der Waals surface area contributed by atoms with Crippen LogP contribution in [0.3, 0.4) is 0 Å². The SMILES string of the molecule is CCOC(=O)C1=CC2(CCC1S(=O)(=O)Nc1ccccc1C(C)C)OCCO2. The molecule has 1 aromatic carbocycles. The number of esters is 1. The topological polar surface area (TPSA) is 90.9 Å². The van der Waals surface area contributed by atoms with Crippen molar-refractivity contribution in [3.8, 4) is 0 Å². The van der Waals surface area contributed by atoms with Gasteiger partial charge in [0.25, 0.3) is 0 Å². The number of nitrogens with one attached hydrogen (secondary N) is 1. The first-order valence-corrected chi connectivity index (χ1v) is 11.1. The van der Waals surface area contributed by atoms with Crippen LogP contribution in [-0.4, -0.2) is 45.2 Å². The van der Waals surface area contributed by atoms with Gasteiger partial charge in [0.15, 0.2) is 5.79 Å². The molecule has 1 unspecified atom stereocenters. The first kappa shape index (κ1) is 20.8. The lowest BCUT2D eigenvalue weighted by molar-refractivity contribution is -0.143. The van der Waals surface area contributed by atoms with Gasteiger partial charge in [-0.15, -0.1) is 0 Å². The van der Waals surface area contributed by atoms with Crippen LogP contribution in [0.1, 0.15) is 45.1 Å². The van der Waals surface area contributed by atoms with Crippen LogP contribution in [0.15, 0.2) is 35.9 Å². The van der Waals surface area contributed by atoms with Crippen LogP contribution in [0.5, 0.6) is 0 Å². The van der Waals surface area contributed by atoms with Crippen LogP contribution in [0.2, 0.25) is 0 Å². The predicted octanol–water partition coefficient (Wildman–Crippen LogP) is 2.95. The molecule has 1 heterocycles. The molecule has 7 nitrogen and oxygen atoms in total. The summed E-state index contributed by atoms with van der Waals surface area (Å²) < 4.78 is 45.5. The minimum absolute atomic E-state index is 0.0597. The van der Waals surface area contributed by atoms with E-state index in [4.69, 9.17) is 14.2 Å². The Kier molecular flexibility index (Phi) is 6.12. The first-order valence-electron chi connectivity index (χ1n) is 9.56. The van der Waals surface area contributed by atoms with Gasteiger partial charge >= 0.3 is 5.97 Å². The van der Waals surface area contributed by atoms with Gasteiger partial charge in [-0.2, -0.15) is 0 Å². The van der Waals surface area contributed by atoms with Gasteiger partial charge in [0.05, 0.1) is 31.1 Å². The van der Waals surface area contributed by atoms with E-state index < -0.39 is 27.0 Å². The third kappa shape index (κ3) is 4.24. The normalized spacial score (nSPS) is 21.6. The standard InChI is InChI=1S/C20H27NO6S/c1-4-25-19(22)16-13-20(26-11-12-27-20)10-9-18(16)28(23,24)21-17-8-6-5-7-15(17)14(2)3/h5-8,13-14,18,21H,4,9-12H2,1-3H3. The molecule has 1 aromatic rings. The van der Waals surface area contributed by atoms with E-state index in [0.29, 0.717) is 25.3 Å². The maximum absolute atomic E-state index is 13.2. The van der Waals surface area contributed by atoms with Crippen LogP contribution in [0.4, 0.5) is 5.69 Å². The van der Waals surface area contributed by atoms with E-state index in [2.05, 4.69) is 4.72 Å². The second kappa shape index (κ2) is 8.23. The molecule has 0 radical (unpaired) electrons. The Balaban J connectivity index is 1.94. The number of sulfonamides is 1. The Bertz CT molecular complexity index is 855. The molecule has 0 amide bonds. The van der Waals surface area contributed by atoms with Crippen molar-refractivity contribution in [3.05, 3.63) is 41.5 Å². The summed E-state index contributed by atoms with van der Waals surface area (Å²) in [4.78, 5) is 12.5. The maximum Gasteiger partial charge on any atom is 0.335 e. The minimum atomic E-state index is -3.88. The number of hydrogen-bond acceptors (Lipinski definition) is 6.